The molecule has 0 unspecified atom stereocenters. The van der Waals surface area contributed by atoms with Crippen LogP contribution in [0.3, 0.4) is 0 Å². The lowest BCUT2D eigenvalue weighted by atomic mass is 9.74. The van der Waals surface area contributed by atoms with E-state index in [0.717, 1.165) is 19.3 Å². The minimum Gasteiger partial charge on any atom is -0.481 e. The Morgan fingerprint density at radius 3 is 2.62 bits per heavy atom. The lowest BCUT2D eigenvalue weighted by Crippen LogP contribution is -2.44. The van der Waals surface area contributed by atoms with Crippen molar-refractivity contribution in [2.75, 3.05) is 6.54 Å². The molecule has 118 valence electrons. The van der Waals surface area contributed by atoms with Crippen LogP contribution in [-0.2, 0) is 20.6 Å². The molecule has 0 saturated heterocycles. The standard InChI is InChI=1S/C13H20N2O5S/c1-10-7-11(15-20-10)8-21(18,19)14-9-13(12(16)17)5-3-2-4-6-13/h7,14H,2-6,8-9H2,1H3,(H,16,17). The maximum atomic E-state index is 12.0. The zero-order valence-corrected chi connectivity index (χ0v) is 12.8. The summed E-state index contributed by atoms with van der Waals surface area (Å²) in [6.07, 6.45) is 3.65. The van der Waals surface area contributed by atoms with Crippen LogP contribution in [0.25, 0.3) is 0 Å². The van der Waals surface area contributed by atoms with Crippen molar-refractivity contribution in [2.24, 2.45) is 5.41 Å². The first-order valence-electron chi connectivity index (χ1n) is 6.96. The number of aliphatic carboxylic acids is 1. The maximum absolute atomic E-state index is 12.0. The predicted molar refractivity (Wildman–Crippen MR) is 75.0 cm³/mol. The van der Waals surface area contributed by atoms with Crippen molar-refractivity contribution in [2.45, 2.75) is 44.8 Å². The number of sulfonamides is 1. The van der Waals surface area contributed by atoms with Gasteiger partial charge in [-0.25, -0.2) is 13.1 Å². The normalized spacial score (nSPS) is 18.5. The molecule has 1 heterocycles. The average Bonchev–Trinajstić information content (AvgIpc) is 2.82. The monoisotopic (exact) mass is 316 g/mol. The summed E-state index contributed by atoms with van der Waals surface area (Å²) >= 11 is 0. The van der Waals surface area contributed by atoms with E-state index in [0.29, 0.717) is 24.3 Å². The zero-order valence-electron chi connectivity index (χ0n) is 12.0. The van der Waals surface area contributed by atoms with Gasteiger partial charge in [-0.05, 0) is 19.8 Å². The van der Waals surface area contributed by atoms with E-state index in [9.17, 15) is 18.3 Å². The molecule has 1 aromatic heterocycles. The van der Waals surface area contributed by atoms with Crippen molar-refractivity contribution in [3.05, 3.63) is 17.5 Å². The van der Waals surface area contributed by atoms with Crippen molar-refractivity contribution in [1.82, 2.24) is 9.88 Å². The minimum atomic E-state index is -3.63. The number of nitrogens with one attached hydrogen (secondary N) is 1. The van der Waals surface area contributed by atoms with Gasteiger partial charge < -0.3 is 9.63 Å². The number of carboxylic acids is 1. The smallest absolute Gasteiger partial charge is 0.310 e. The van der Waals surface area contributed by atoms with Gasteiger partial charge in [-0.15, -0.1) is 0 Å². The Kier molecular flexibility index (Phi) is 4.67. The number of rotatable bonds is 6. The van der Waals surface area contributed by atoms with Crippen LogP contribution in [0, 0.1) is 12.3 Å². The molecule has 0 spiro atoms. The second-order valence-corrected chi connectivity index (χ2v) is 7.46. The lowest BCUT2D eigenvalue weighted by Gasteiger charge is -2.33. The Labute approximate surface area is 123 Å². The first kappa shape index (κ1) is 16.0. The lowest BCUT2D eigenvalue weighted by molar-refractivity contribution is -0.150. The van der Waals surface area contributed by atoms with E-state index < -0.39 is 21.4 Å². The fourth-order valence-corrected chi connectivity index (χ4v) is 3.80. The molecular weight excluding hydrogens is 296 g/mol. The largest absolute Gasteiger partial charge is 0.481 e. The summed E-state index contributed by atoms with van der Waals surface area (Å²) in [7, 11) is -3.63. The van der Waals surface area contributed by atoms with Gasteiger partial charge >= 0.3 is 5.97 Å². The quantitative estimate of drug-likeness (QED) is 0.821. The van der Waals surface area contributed by atoms with Crippen LogP contribution < -0.4 is 4.72 Å². The molecule has 21 heavy (non-hydrogen) atoms. The van der Waals surface area contributed by atoms with E-state index in [4.69, 9.17) is 4.52 Å². The van der Waals surface area contributed by atoms with Crippen LogP contribution in [0.15, 0.2) is 10.6 Å². The van der Waals surface area contributed by atoms with Gasteiger partial charge in [0.05, 0.1) is 5.41 Å². The fraction of sp³-hybridized carbons (Fsp3) is 0.692. The highest BCUT2D eigenvalue weighted by molar-refractivity contribution is 7.88. The number of hydrogen-bond donors (Lipinski definition) is 2. The summed E-state index contributed by atoms with van der Waals surface area (Å²) in [6.45, 7) is 1.61. The maximum Gasteiger partial charge on any atom is 0.310 e. The van der Waals surface area contributed by atoms with E-state index >= 15 is 0 Å². The van der Waals surface area contributed by atoms with Gasteiger partial charge in [0, 0.05) is 12.6 Å². The molecule has 2 rings (SSSR count). The Morgan fingerprint density at radius 1 is 1.43 bits per heavy atom. The van der Waals surface area contributed by atoms with Crippen molar-refractivity contribution in [3.8, 4) is 0 Å². The van der Waals surface area contributed by atoms with E-state index in [2.05, 4.69) is 9.88 Å². The number of carboxylic acid groups (broad SMARTS) is 1. The van der Waals surface area contributed by atoms with Crippen molar-refractivity contribution in [1.29, 1.82) is 0 Å². The molecule has 1 fully saturated rings. The van der Waals surface area contributed by atoms with Crippen LogP contribution in [0.4, 0.5) is 0 Å². The third-order valence-corrected chi connectivity index (χ3v) is 5.17. The van der Waals surface area contributed by atoms with Crippen LogP contribution in [0.2, 0.25) is 0 Å². The van der Waals surface area contributed by atoms with E-state index in [1.54, 1.807) is 13.0 Å². The number of aryl methyl sites for hydroxylation is 1. The van der Waals surface area contributed by atoms with E-state index in [1.807, 2.05) is 0 Å². The Bertz CT molecular complexity index is 602. The SMILES string of the molecule is Cc1cc(CS(=O)(=O)NCC2(C(=O)O)CCCCC2)no1. The van der Waals surface area contributed by atoms with Gasteiger partial charge in [-0.2, -0.15) is 0 Å². The van der Waals surface area contributed by atoms with Crippen molar-refractivity contribution in [3.63, 3.8) is 0 Å². The van der Waals surface area contributed by atoms with Gasteiger partial charge in [-0.1, -0.05) is 24.4 Å². The molecule has 0 atom stereocenters. The average molecular weight is 316 g/mol. The molecule has 0 aliphatic heterocycles. The van der Waals surface area contributed by atoms with E-state index in [1.165, 1.54) is 0 Å². The number of hydrogen-bond acceptors (Lipinski definition) is 5. The van der Waals surface area contributed by atoms with Crippen LogP contribution in [0.5, 0.6) is 0 Å². The second kappa shape index (κ2) is 6.15. The molecule has 0 radical (unpaired) electrons. The molecule has 1 aliphatic rings. The van der Waals surface area contributed by atoms with Gasteiger partial charge in [0.2, 0.25) is 10.0 Å². The summed E-state index contributed by atoms with van der Waals surface area (Å²) in [5.74, 6) is -0.697. The van der Waals surface area contributed by atoms with Gasteiger partial charge in [0.15, 0.2) is 0 Å². The van der Waals surface area contributed by atoms with Crippen LogP contribution in [0.1, 0.15) is 43.6 Å². The molecule has 1 saturated carbocycles. The van der Waals surface area contributed by atoms with Gasteiger partial charge in [-0.3, -0.25) is 4.79 Å². The Balaban J connectivity index is 2.01. The molecule has 8 heteroatoms. The summed E-state index contributed by atoms with van der Waals surface area (Å²) in [6, 6.07) is 1.55. The molecule has 0 bridgehead atoms. The Morgan fingerprint density at radius 2 is 2.10 bits per heavy atom. The van der Waals surface area contributed by atoms with Crippen LogP contribution in [-0.4, -0.2) is 31.2 Å². The fourth-order valence-electron chi connectivity index (χ4n) is 2.67. The second-order valence-electron chi connectivity index (χ2n) is 5.66. The molecular formula is C13H20N2O5S. The zero-order chi connectivity index (χ0) is 15.5. The van der Waals surface area contributed by atoms with Crippen LogP contribution >= 0.6 is 0 Å². The summed E-state index contributed by atoms with van der Waals surface area (Å²) in [5.41, 5.74) is -0.668. The first-order chi connectivity index (χ1) is 9.83. The van der Waals surface area contributed by atoms with Crippen molar-refractivity contribution >= 4 is 16.0 Å². The molecule has 0 aromatic carbocycles. The number of nitrogens with zero attached hydrogens (tertiary/aromatic N) is 1. The van der Waals surface area contributed by atoms with Gasteiger partial charge in [0.1, 0.15) is 17.2 Å². The third-order valence-electron chi connectivity index (χ3n) is 3.91. The first-order valence-corrected chi connectivity index (χ1v) is 8.61. The van der Waals surface area contributed by atoms with Crippen molar-refractivity contribution < 1.29 is 22.8 Å². The summed E-state index contributed by atoms with van der Waals surface area (Å²) < 4.78 is 31.3. The minimum absolute atomic E-state index is 0.0680. The third kappa shape index (κ3) is 4.04. The number of carbonyl (C=O) groups is 1. The highest BCUT2D eigenvalue weighted by atomic mass is 32.2. The highest BCUT2D eigenvalue weighted by Crippen LogP contribution is 2.36. The molecule has 1 aliphatic carbocycles. The summed E-state index contributed by atoms with van der Waals surface area (Å²) in [4.78, 5) is 11.5. The molecule has 1 aromatic rings. The predicted octanol–water partition coefficient (Wildman–Crippen LogP) is 1.44. The number of aromatic nitrogens is 1. The van der Waals surface area contributed by atoms with Gasteiger partial charge in [0.25, 0.3) is 0 Å². The summed E-state index contributed by atoms with van der Waals surface area (Å²) in [5, 5.41) is 13.1. The Hall–Kier alpha value is -1.41. The molecule has 0 amide bonds. The highest BCUT2D eigenvalue weighted by Gasteiger charge is 2.40. The topological polar surface area (TPSA) is 110 Å². The molecule has 7 nitrogen and oxygen atoms in total. The van der Waals surface area contributed by atoms with E-state index in [-0.39, 0.29) is 12.3 Å². The molecule has 2 N–H and O–H groups in total.